The van der Waals surface area contributed by atoms with Gasteiger partial charge in [-0.15, -0.1) is 0 Å². The van der Waals surface area contributed by atoms with Crippen LogP contribution in [0.2, 0.25) is 0 Å². The second-order valence-electron chi connectivity index (χ2n) is 5.58. The minimum atomic E-state index is -0.548. The first-order chi connectivity index (χ1) is 7.30. The standard InChI is InChI=1S/C14H26OSi/c1-8-14(6,7)15-16-13-11(4)9(2)10(3)12(13)5/h11H,8,16H2,1-7H3. The lowest BCUT2D eigenvalue weighted by Crippen LogP contribution is -2.27. The van der Waals surface area contributed by atoms with Crippen molar-refractivity contribution < 1.29 is 4.43 Å². The molecule has 1 aliphatic carbocycles. The van der Waals surface area contributed by atoms with Crippen LogP contribution in [0.4, 0.5) is 0 Å². The van der Waals surface area contributed by atoms with Gasteiger partial charge in [-0.2, -0.15) is 0 Å². The predicted molar refractivity (Wildman–Crippen MR) is 74.2 cm³/mol. The molecule has 0 amide bonds. The van der Waals surface area contributed by atoms with Gasteiger partial charge in [-0.05, 0) is 52.5 Å². The Labute approximate surface area is 103 Å². The van der Waals surface area contributed by atoms with Crippen molar-refractivity contribution in [2.24, 2.45) is 5.92 Å². The molecule has 0 aromatic rings. The van der Waals surface area contributed by atoms with Crippen molar-refractivity contribution in [3.05, 3.63) is 21.9 Å². The van der Waals surface area contributed by atoms with E-state index in [0.29, 0.717) is 5.92 Å². The van der Waals surface area contributed by atoms with Gasteiger partial charge in [-0.1, -0.05) is 30.2 Å². The molecule has 92 valence electrons. The summed E-state index contributed by atoms with van der Waals surface area (Å²) in [6.45, 7) is 15.7. The van der Waals surface area contributed by atoms with E-state index in [1.807, 2.05) is 0 Å². The first-order valence-corrected chi connectivity index (χ1v) is 7.60. The lowest BCUT2D eigenvalue weighted by atomic mass is 10.1. The van der Waals surface area contributed by atoms with Crippen molar-refractivity contribution in [1.29, 1.82) is 0 Å². The van der Waals surface area contributed by atoms with Crippen LogP contribution in [0.5, 0.6) is 0 Å². The average molecular weight is 238 g/mol. The minimum Gasteiger partial charge on any atom is -0.414 e. The molecule has 0 saturated carbocycles. The normalized spacial score (nSPS) is 23.1. The highest BCUT2D eigenvalue weighted by Gasteiger charge is 2.25. The summed E-state index contributed by atoms with van der Waals surface area (Å²) < 4.78 is 6.15. The lowest BCUT2D eigenvalue weighted by Gasteiger charge is -2.25. The van der Waals surface area contributed by atoms with E-state index >= 15 is 0 Å². The second-order valence-corrected chi connectivity index (χ2v) is 6.92. The maximum Gasteiger partial charge on any atom is 0.189 e. The molecular formula is C14H26OSi. The molecule has 0 aliphatic heterocycles. The Kier molecular flexibility index (Phi) is 4.19. The predicted octanol–water partition coefficient (Wildman–Crippen LogP) is 3.54. The summed E-state index contributed by atoms with van der Waals surface area (Å²) in [6.07, 6.45) is 1.09. The largest absolute Gasteiger partial charge is 0.414 e. The molecule has 2 heteroatoms. The van der Waals surface area contributed by atoms with E-state index < -0.39 is 9.76 Å². The third kappa shape index (κ3) is 2.66. The van der Waals surface area contributed by atoms with Crippen molar-refractivity contribution >= 4 is 9.76 Å². The second kappa shape index (κ2) is 4.88. The Morgan fingerprint density at radius 3 is 2.12 bits per heavy atom. The fourth-order valence-corrected chi connectivity index (χ4v) is 3.84. The van der Waals surface area contributed by atoms with Crippen molar-refractivity contribution in [3.8, 4) is 0 Å². The summed E-state index contributed by atoms with van der Waals surface area (Å²) in [7, 11) is -0.548. The van der Waals surface area contributed by atoms with E-state index in [1.54, 1.807) is 5.20 Å². The zero-order valence-electron chi connectivity index (χ0n) is 11.9. The summed E-state index contributed by atoms with van der Waals surface area (Å²) in [5.74, 6) is 0.624. The molecule has 1 aliphatic rings. The monoisotopic (exact) mass is 238 g/mol. The molecular weight excluding hydrogens is 212 g/mol. The van der Waals surface area contributed by atoms with E-state index in [-0.39, 0.29) is 5.60 Å². The van der Waals surface area contributed by atoms with Crippen LogP contribution in [0.1, 0.15) is 54.9 Å². The molecule has 0 heterocycles. The van der Waals surface area contributed by atoms with Gasteiger partial charge in [0.1, 0.15) is 0 Å². The number of rotatable bonds is 4. The van der Waals surface area contributed by atoms with E-state index in [9.17, 15) is 0 Å². The third-order valence-electron chi connectivity index (χ3n) is 4.28. The smallest absolute Gasteiger partial charge is 0.189 e. The topological polar surface area (TPSA) is 9.23 Å². The maximum atomic E-state index is 6.15. The summed E-state index contributed by atoms with van der Waals surface area (Å²) >= 11 is 0. The van der Waals surface area contributed by atoms with Crippen molar-refractivity contribution in [2.45, 2.75) is 60.5 Å². The van der Waals surface area contributed by atoms with Crippen LogP contribution in [-0.2, 0) is 4.43 Å². The SMILES string of the molecule is CCC(C)(C)O[SiH2]C1=C(C)C(C)=C(C)C1C. The molecule has 0 saturated heterocycles. The Balaban J connectivity index is 2.72. The van der Waals surface area contributed by atoms with Crippen LogP contribution in [0.15, 0.2) is 21.9 Å². The van der Waals surface area contributed by atoms with Crippen LogP contribution in [0, 0.1) is 5.92 Å². The van der Waals surface area contributed by atoms with E-state index in [0.717, 1.165) is 6.42 Å². The highest BCUT2D eigenvalue weighted by Crippen LogP contribution is 2.36. The molecule has 0 radical (unpaired) electrons. The third-order valence-corrected chi connectivity index (χ3v) is 6.66. The maximum absolute atomic E-state index is 6.15. The summed E-state index contributed by atoms with van der Waals surface area (Å²) in [5.41, 5.74) is 4.60. The summed E-state index contributed by atoms with van der Waals surface area (Å²) in [6, 6.07) is 0. The minimum absolute atomic E-state index is 0.0591. The van der Waals surface area contributed by atoms with Gasteiger partial charge in [-0.3, -0.25) is 0 Å². The number of allylic oxidation sites excluding steroid dienone is 4. The average Bonchev–Trinajstić information content (AvgIpc) is 2.42. The molecule has 1 nitrogen and oxygen atoms in total. The summed E-state index contributed by atoms with van der Waals surface area (Å²) in [5, 5.41) is 1.61. The molecule has 1 atom stereocenters. The van der Waals surface area contributed by atoms with Gasteiger partial charge in [0.05, 0.1) is 5.60 Å². The molecule has 0 bridgehead atoms. The zero-order valence-corrected chi connectivity index (χ0v) is 13.3. The Hall–Kier alpha value is -0.343. The zero-order chi connectivity index (χ0) is 12.5. The van der Waals surface area contributed by atoms with Gasteiger partial charge in [0.25, 0.3) is 0 Å². The Morgan fingerprint density at radius 2 is 1.75 bits per heavy atom. The van der Waals surface area contributed by atoms with Crippen molar-refractivity contribution in [1.82, 2.24) is 0 Å². The molecule has 1 unspecified atom stereocenters. The van der Waals surface area contributed by atoms with Crippen LogP contribution in [0.25, 0.3) is 0 Å². The van der Waals surface area contributed by atoms with Gasteiger partial charge >= 0.3 is 0 Å². The first-order valence-electron chi connectivity index (χ1n) is 6.31. The van der Waals surface area contributed by atoms with Gasteiger partial charge in [-0.25, -0.2) is 0 Å². The number of hydrogen-bond acceptors (Lipinski definition) is 1. The van der Waals surface area contributed by atoms with Gasteiger partial charge < -0.3 is 4.43 Å². The van der Waals surface area contributed by atoms with Crippen LogP contribution in [-0.4, -0.2) is 15.4 Å². The van der Waals surface area contributed by atoms with Crippen LogP contribution < -0.4 is 0 Å². The molecule has 16 heavy (non-hydrogen) atoms. The molecule has 0 aromatic heterocycles. The molecule has 0 N–H and O–H groups in total. The molecule has 1 rings (SSSR count). The highest BCUT2D eigenvalue weighted by molar-refractivity contribution is 6.39. The highest BCUT2D eigenvalue weighted by atomic mass is 28.2. The van der Waals surface area contributed by atoms with Crippen molar-refractivity contribution in [3.63, 3.8) is 0 Å². The Morgan fingerprint density at radius 1 is 1.19 bits per heavy atom. The summed E-state index contributed by atoms with van der Waals surface area (Å²) in [4.78, 5) is 0. The quantitative estimate of drug-likeness (QED) is 0.681. The molecule has 0 spiro atoms. The van der Waals surface area contributed by atoms with E-state index in [2.05, 4.69) is 48.5 Å². The van der Waals surface area contributed by atoms with Crippen LogP contribution in [0.3, 0.4) is 0 Å². The Bertz CT molecular complexity index is 337. The van der Waals surface area contributed by atoms with Gasteiger partial charge in [0.2, 0.25) is 0 Å². The van der Waals surface area contributed by atoms with E-state index in [1.165, 1.54) is 16.7 Å². The first kappa shape index (κ1) is 13.7. The number of hydrogen-bond donors (Lipinski definition) is 0. The molecule has 0 fully saturated rings. The van der Waals surface area contributed by atoms with Crippen molar-refractivity contribution in [2.75, 3.05) is 0 Å². The van der Waals surface area contributed by atoms with E-state index in [4.69, 9.17) is 4.43 Å². The van der Waals surface area contributed by atoms with Gasteiger partial charge in [0.15, 0.2) is 9.76 Å². The molecule has 0 aromatic carbocycles. The fourth-order valence-electron chi connectivity index (χ4n) is 2.06. The lowest BCUT2D eigenvalue weighted by molar-refractivity contribution is 0.113. The fraction of sp³-hybridized carbons (Fsp3) is 0.714. The van der Waals surface area contributed by atoms with Gasteiger partial charge in [0, 0.05) is 0 Å². The van der Waals surface area contributed by atoms with Crippen LogP contribution >= 0.6 is 0 Å².